The van der Waals surface area contributed by atoms with Crippen molar-refractivity contribution in [3.05, 3.63) is 95.6 Å². The number of nitrogens with zero attached hydrogens (tertiary/aromatic N) is 3. The number of hydrogen-bond acceptors (Lipinski definition) is 5. The molecule has 0 unspecified atom stereocenters. The van der Waals surface area contributed by atoms with Crippen molar-refractivity contribution in [1.29, 1.82) is 0 Å². The van der Waals surface area contributed by atoms with E-state index in [0.717, 1.165) is 17.7 Å². The number of benzene rings is 2. The molecule has 2 aromatic heterocycles. The Balaban J connectivity index is 1.28. The van der Waals surface area contributed by atoms with Crippen LogP contribution in [0.5, 0.6) is 0 Å². The van der Waals surface area contributed by atoms with Crippen LogP contribution in [-0.4, -0.2) is 21.0 Å². The Labute approximate surface area is 187 Å². The second-order valence-electron chi connectivity index (χ2n) is 8.07. The van der Waals surface area contributed by atoms with Gasteiger partial charge < -0.3 is 9.84 Å². The Morgan fingerprint density at radius 2 is 1.62 bits per heavy atom. The van der Waals surface area contributed by atoms with Crippen LogP contribution in [0.2, 0.25) is 0 Å². The van der Waals surface area contributed by atoms with Crippen molar-refractivity contribution in [3.8, 4) is 11.4 Å². The maximum Gasteiger partial charge on any atom is 0.227 e. The van der Waals surface area contributed by atoms with Crippen LogP contribution in [0.15, 0.2) is 77.6 Å². The molecule has 0 fully saturated rings. The lowest BCUT2D eigenvalue weighted by Crippen LogP contribution is -2.12. The van der Waals surface area contributed by atoms with E-state index < -0.39 is 0 Å². The summed E-state index contributed by atoms with van der Waals surface area (Å²) < 4.78 is 5.32. The lowest BCUT2D eigenvalue weighted by atomic mass is 10.0. The number of pyridine rings is 1. The number of nitrogens with one attached hydrogen (secondary N) is 1. The van der Waals surface area contributed by atoms with Gasteiger partial charge in [0.25, 0.3) is 0 Å². The van der Waals surface area contributed by atoms with Crippen molar-refractivity contribution in [2.24, 2.45) is 0 Å². The monoisotopic (exact) mass is 426 g/mol. The second-order valence-corrected chi connectivity index (χ2v) is 8.07. The fraction of sp³-hybridized carbons (Fsp3) is 0.231. The predicted octanol–water partition coefficient (Wildman–Crippen LogP) is 5.42. The summed E-state index contributed by atoms with van der Waals surface area (Å²) in [4.78, 5) is 20.8. The van der Waals surface area contributed by atoms with Crippen molar-refractivity contribution in [3.63, 3.8) is 0 Å². The van der Waals surface area contributed by atoms with E-state index in [9.17, 15) is 4.79 Å². The first-order valence-corrected chi connectivity index (χ1v) is 10.8. The number of carbonyl (C=O) groups excluding carboxylic acids is 1. The number of amides is 1. The zero-order valence-electron chi connectivity index (χ0n) is 18.3. The van der Waals surface area contributed by atoms with Crippen LogP contribution in [0.4, 0.5) is 5.69 Å². The Bertz CT molecular complexity index is 1150. The molecule has 0 radical (unpaired) electrons. The minimum Gasteiger partial charge on any atom is -0.339 e. The quantitative estimate of drug-likeness (QED) is 0.407. The van der Waals surface area contributed by atoms with Crippen molar-refractivity contribution in [2.45, 2.75) is 39.0 Å². The maximum atomic E-state index is 12.3. The molecule has 0 spiro atoms. The summed E-state index contributed by atoms with van der Waals surface area (Å²) in [6.07, 6.45) is 5.07. The summed E-state index contributed by atoms with van der Waals surface area (Å²) in [5.41, 5.74) is 5.31. The number of hydrogen-bond donors (Lipinski definition) is 1. The Kier molecular flexibility index (Phi) is 6.70. The van der Waals surface area contributed by atoms with Gasteiger partial charge in [-0.25, -0.2) is 0 Å². The summed E-state index contributed by atoms with van der Waals surface area (Å²) in [6, 6.07) is 20.0. The van der Waals surface area contributed by atoms with E-state index in [-0.39, 0.29) is 12.3 Å². The first kappa shape index (κ1) is 21.4. The van der Waals surface area contributed by atoms with Gasteiger partial charge >= 0.3 is 0 Å². The van der Waals surface area contributed by atoms with Crippen LogP contribution in [0.3, 0.4) is 0 Å². The molecule has 0 saturated carbocycles. The fourth-order valence-corrected chi connectivity index (χ4v) is 3.38. The Morgan fingerprint density at radius 1 is 0.938 bits per heavy atom. The first-order valence-electron chi connectivity index (χ1n) is 10.8. The van der Waals surface area contributed by atoms with Gasteiger partial charge in [0.15, 0.2) is 0 Å². The van der Waals surface area contributed by atoms with Gasteiger partial charge in [-0.1, -0.05) is 55.4 Å². The standard InChI is InChI=1S/C26H26N4O2/c1-18(2)21-5-7-22(8-6-21)26-29-25(32-30-26)12-11-24(31)28-23-9-3-19(4-10-23)17-20-13-15-27-16-14-20/h3-10,13-16,18H,11-12,17H2,1-2H3,(H,28,31). The van der Waals surface area contributed by atoms with Crippen molar-refractivity contribution in [2.75, 3.05) is 5.32 Å². The third-order valence-corrected chi connectivity index (χ3v) is 5.26. The molecule has 6 heteroatoms. The normalized spacial score (nSPS) is 11.0. The highest BCUT2D eigenvalue weighted by molar-refractivity contribution is 5.90. The molecule has 0 aliphatic heterocycles. The highest BCUT2D eigenvalue weighted by Gasteiger charge is 2.11. The molecule has 0 aliphatic carbocycles. The number of aromatic nitrogens is 3. The number of aryl methyl sites for hydroxylation is 1. The maximum absolute atomic E-state index is 12.3. The van der Waals surface area contributed by atoms with E-state index in [1.165, 1.54) is 16.7 Å². The number of rotatable bonds is 8. The molecule has 1 amide bonds. The van der Waals surface area contributed by atoms with Crippen LogP contribution in [-0.2, 0) is 17.6 Å². The van der Waals surface area contributed by atoms with Crippen LogP contribution in [0, 0.1) is 0 Å². The minimum absolute atomic E-state index is 0.0899. The predicted molar refractivity (Wildman–Crippen MR) is 124 cm³/mol. The third-order valence-electron chi connectivity index (χ3n) is 5.26. The zero-order valence-corrected chi connectivity index (χ0v) is 18.3. The van der Waals surface area contributed by atoms with Crippen molar-refractivity contribution in [1.82, 2.24) is 15.1 Å². The van der Waals surface area contributed by atoms with Gasteiger partial charge in [-0.05, 0) is 53.3 Å². The lowest BCUT2D eigenvalue weighted by molar-refractivity contribution is -0.116. The van der Waals surface area contributed by atoms with Crippen LogP contribution in [0.25, 0.3) is 11.4 Å². The van der Waals surface area contributed by atoms with E-state index in [1.807, 2.05) is 48.5 Å². The van der Waals surface area contributed by atoms with Crippen LogP contribution >= 0.6 is 0 Å². The summed E-state index contributed by atoms with van der Waals surface area (Å²) in [5, 5.41) is 6.96. The molecule has 0 saturated heterocycles. The Hall–Kier alpha value is -3.80. The second kappa shape index (κ2) is 10.0. The molecule has 0 bridgehead atoms. The zero-order chi connectivity index (χ0) is 22.3. The summed E-state index contributed by atoms with van der Waals surface area (Å²) in [6.45, 7) is 4.31. The molecule has 6 nitrogen and oxygen atoms in total. The molecule has 4 aromatic rings. The smallest absolute Gasteiger partial charge is 0.227 e. The number of anilines is 1. The summed E-state index contributed by atoms with van der Waals surface area (Å²) >= 11 is 0. The van der Waals surface area contributed by atoms with E-state index in [2.05, 4.69) is 46.4 Å². The highest BCUT2D eigenvalue weighted by Crippen LogP contribution is 2.21. The average molecular weight is 427 g/mol. The third kappa shape index (κ3) is 5.66. The highest BCUT2D eigenvalue weighted by atomic mass is 16.5. The SMILES string of the molecule is CC(C)c1ccc(-c2noc(CCC(=O)Nc3ccc(Cc4ccncc4)cc3)n2)cc1. The van der Waals surface area contributed by atoms with Gasteiger partial charge in [0.2, 0.25) is 17.6 Å². The topological polar surface area (TPSA) is 80.9 Å². The van der Waals surface area contributed by atoms with E-state index in [1.54, 1.807) is 12.4 Å². The van der Waals surface area contributed by atoms with Gasteiger partial charge in [-0.15, -0.1) is 0 Å². The summed E-state index contributed by atoms with van der Waals surface area (Å²) in [5.74, 6) is 1.38. The van der Waals surface area contributed by atoms with Gasteiger partial charge in [0.1, 0.15) is 0 Å². The Morgan fingerprint density at radius 3 is 2.31 bits per heavy atom. The van der Waals surface area contributed by atoms with Gasteiger partial charge in [0.05, 0.1) is 0 Å². The molecule has 0 atom stereocenters. The molecule has 0 aliphatic rings. The molecule has 4 rings (SSSR count). The van der Waals surface area contributed by atoms with Crippen LogP contribution < -0.4 is 5.32 Å². The van der Waals surface area contributed by atoms with Gasteiger partial charge in [0, 0.05) is 36.5 Å². The fourth-order valence-electron chi connectivity index (χ4n) is 3.38. The van der Waals surface area contributed by atoms with E-state index in [4.69, 9.17) is 4.52 Å². The first-order chi connectivity index (χ1) is 15.6. The van der Waals surface area contributed by atoms with Crippen molar-refractivity contribution >= 4 is 11.6 Å². The van der Waals surface area contributed by atoms with Crippen LogP contribution in [0.1, 0.15) is 48.8 Å². The molecular formula is C26H26N4O2. The van der Waals surface area contributed by atoms with E-state index in [0.29, 0.717) is 24.1 Å². The molecule has 32 heavy (non-hydrogen) atoms. The van der Waals surface area contributed by atoms with Gasteiger partial charge in [-0.2, -0.15) is 4.98 Å². The molecule has 2 heterocycles. The van der Waals surface area contributed by atoms with Gasteiger partial charge in [-0.3, -0.25) is 9.78 Å². The summed E-state index contributed by atoms with van der Waals surface area (Å²) in [7, 11) is 0. The number of carbonyl (C=O) groups is 1. The minimum atomic E-state index is -0.0899. The lowest BCUT2D eigenvalue weighted by Gasteiger charge is -2.06. The molecule has 162 valence electrons. The molecular weight excluding hydrogens is 400 g/mol. The molecule has 1 N–H and O–H groups in total. The molecule has 2 aromatic carbocycles. The van der Waals surface area contributed by atoms with E-state index >= 15 is 0 Å². The van der Waals surface area contributed by atoms with Crippen molar-refractivity contribution < 1.29 is 9.32 Å². The largest absolute Gasteiger partial charge is 0.339 e. The average Bonchev–Trinajstić information content (AvgIpc) is 3.29.